The van der Waals surface area contributed by atoms with Gasteiger partial charge in [0.25, 0.3) is 0 Å². The number of thioether (sulfide) groups is 1. The Morgan fingerprint density at radius 2 is 1.52 bits per heavy atom. The van der Waals surface area contributed by atoms with Crippen LogP contribution in [0.5, 0.6) is 0 Å². The molecule has 0 saturated heterocycles. The van der Waals surface area contributed by atoms with Crippen LogP contribution in [0.2, 0.25) is 0 Å². The lowest BCUT2D eigenvalue weighted by Gasteiger charge is -2.05. The summed E-state index contributed by atoms with van der Waals surface area (Å²) in [5.41, 5.74) is 1.79. The summed E-state index contributed by atoms with van der Waals surface area (Å²) in [5.74, 6) is -0.0804. The first-order valence-electron chi connectivity index (χ1n) is 10.4. The number of rotatable bonds is 11. The standard InChI is InChI=1S/C10H12OS.C8H12O2.C7H11ClO3/c1-8-3-5-10(6-4-8)12-7-9(2)11;1-6(8(3)10)4-5-7(2)9;1-5(2)11-7(10)3-6(9)4-8/h3-6H,7H2,1-2H3;1,4-5H2,2-3H3;5H,3-4H2,1-2H3. The van der Waals surface area contributed by atoms with E-state index in [0.717, 1.165) is 4.90 Å². The van der Waals surface area contributed by atoms with Crippen molar-refractivity contribution in [1.29, 1.82) is 0 Å². The van der Waals surface area contributed by atoms with Crippen LogP contribution in [0.4, 0.5) is 0 Å². The van der Waals surface area contributed by atoms with Crippen LogP contribution in [0.15, 0.2) is 41.3 Å². The molecule has 8 heteroatoms. The first kappa shape index (κ1) is 32.9. The number of hydrogen-bond acceptors (Lipinski definition) is 7. The smallest absolute Gasteiger partial charge is 0.313 e. The number of hydrogen-bond donors (Lipinski definition) is 0. The molecule has 0 radical (unpaired) electrons. The number of carbonyl (C=O) groups excluding carboxylic acids is 5. The predicted octanol–water partition coefficient (Wildman–Crippen LogP) is 5.31. The van der Waals surface area contributed by atoms with Crippen LogP contribution in [-0.4, -0.2) is 46.8 Å². The number of aryl methyl sites for hydroxylation is 1. The van der Waals surface area contributed by atoms with E-state index in [0.29, 0.717) is 24.2 Å². The lowest BCUT2D eigenvalue weighted by atomic mass is 10.1. The van der Waals surface area contributed by atoms with Crippen LogP contribution < -0.4 is 0 Å². The van der Waals surface area contributed by atoms with Gasteiger partial charge in [-0.3, -0.25) is 19.2 Å². The van der Waals surface area contributed by atoms with E-state index in [4.69, 9.17) is 16.3 Å². The largest absolute Gasteiger partial charge is 0.463 e. The highest BCUT2D eigenvalue weighted by Crippen LogP contribution is 2.17. The van der Waals surface area contributed by atoms with Gasteiger partial charge in [0.15, 0.2) is 11.6 Å². The molecule has 0 aromatic heterocycles. The van der Waals surface area contributed by atoms with E-state index in [1.165, 1.54) is 19.4 Å². The third-order valence-electron chi connectivity index (χ3n) is 3.60. The normalized spacial score (nSPS) is 9.58. The van der Waals surface area contributed by atoms with Gasteiger partial charge >= 0.3 is 5.97 Å². The summed E-state index contributed by atoms with van der Waals surface area (Å²) >= 11 is 6.76. The van der Waals surface area contributed by atoms with Crippen LogP contribution in [0.3, 0.4) is 0 Å². The van der Waals surface area contributed by atoms with Gasteiger partial charge in [-0.15, -0.1) is 23.4 Å². The highest BCUT2D eigenvalue weighted by molar-refractivity contribution is 8.00. The van der Waals surface area contributed by atoms with Gasteiger partial charge in [-0.25, -0.2) is 0 Å². The maximum Gasteiger partial charge on any atom is 0.313 e. The predicted molar refractivity (Wildman–Crippen MR) is 134 cm³/mol. The molecule has 0 bridgehead atoms. The summed E-state index contributed by atoms with van der Waals surface area (Å²) in [6.45, 7) is 13.6. The lowest BCUT2D eigenvalue weighted by Crippen LogP contribution is -2.15. The molecule has 0 unspecified atom stereocenters. The fourth-order valence-corrected chi connectivity index (χ4v) is 2.63. The lowest BCUT2D eigenvalue weighted by molar-refractivity contribution is -0.149. The van der Waals surface area contributed by atoms with Crippen LogP contribution in [0.1, 0.15) is 59.4 Å². The first-order chi connectivity index (χ1) is 15.3. The van der Waals surface area contributed by atoms with Gasteiger partial charge in [0.1, 0.15) is 18.0 Å². The van der Waals surface area contributed by atoms with E-state index in [1.807, 2.05) is 12.1 Å². The molecule has 0 aliphatic rings. The fraction of sp³-hybridized carbons (Fsp3) is 0.480. The number of Topliss-reactive ketones (excluding diaryl/α,β-unsaturated/α-hetero) is 4. The minimum Gasteiger partial charge on any atom is -0.463 e. The van der Waals surface area contributed by atoms with Crippen molar-refractivity contribution in [3.63, 3.8) is 0 Å². The Hall–Kier alpha value is -2.25. The number of benzene rings is 1. The number of carbonyl (C=O) groups is 5. The minimum atomic E-state index is -0.509. The average Bonchev–Trinajstić information content (AvgIpc) is 2.71. The number of alkyl halides is 1. The Morgan fingerprint density at radius 1 is 0.970 bits per heavy atom. The van der Waals surface area contributed by atoms with E-state index in [9.17, 15) is 24.0 Å². The molecule has 0 fully saturated rings. The summed E-state index contributed by atoms with van der Waals surface area (Å²) < 4.78 is 4.70. The van der Waals surface area contributed by atoms with E-state index in [1.54, 1.807) is 32.5 Å². The molecule has 0 aliphatic heterocycles. The third kappa shape index (κ3) is 22.7. The van der Waals surface area contributed by atoms with Crippen LogP contribution >= 0.6 is 23.4 Å². The van der Waals surface area contributed by atoms with Crippen molar-refractivity contribution in [3.05, 3.63) is 42.0 Å². The van der Waals surface area contributed by atoms with Crippen LogP contribution in [0, 0.1) is 6.92 Å². The molecule has 0 aliphatic carbocycles. The number of ether oxygens (including phenoxy) is 1. The second kappa shape index (κ2) is 19.2. The second-order valence-corrected chi connectivity index (χ2v) is 8.87. The molecule has 0 saturated carbocycles. The molecule has 1 aromatic rings. The van der Waals surface area contributed by atoms with Crippen molar-refractivity contribution in [2.75, 3.05) is 11.6 Å². The van der Waals surface area contributed by atoms with E-state index < -0.39 is 5.97 Å². The van der Waals surface area contributed by atoms with E-state index >= 15 is 0 Å². The van der Waals surface area contributed by atoms with Crippen LogP contribution in [0.25, 0.3) is 0 Å². The first-order valence-corrected chi connectivity index (χ1v) is 11.9. The van der Waals surface area contributed by atoms with Gasteiger partial charge in [0, 0.05) is 11.3 Å². The summed E-state index contributed by atoms with van der Waals surface area (Å²) in [6.07, 6.45) is 0.538. The van der Waals surface area contributed by atoms with Gasteiger partial charge in [-0.05, 0) is 65.7 Å². The second-order valence-electron chi connectivity index (χ2n) is 7.55. The van der Waals surface area contributed by atoms with Crippen molar-refractivity contribution in [2.45, 2.75) is 71.8 Å². The monoisotopic (exact) mass is 498 g/mol. The fourth-order valence-electron chi connectivity index (χ4n) is 1.84. The number of esters is 1. The molecule has 1 aromatic carbocycles. The molecule has 6 nitrogen and oxygen atoms in total. The van der Waals surface area contributed by atoms with Crippen molar-refractivity contribution >= 4 is 52.5 Å². The van der Waals surface area contributed by atoms with E-state index in [-0.39, 0.29) is 41.5 Å². The Morgan fingerprint density at radius 3 is 1.91 bits per heavy atom. The number of halogens is 1. The van der Waals surface area contributed by atoms with Gasteiger partial charge in [0.2, 0.25) is 0 Å². The average molecular weight is 499 g/mol. The molecule has 0 amide bonds. The zero-order chi connectivity index (χ0) is 26.0. The maximum atomic E-state index is 10.7. The molecule has 33 heavy (non-hydrogen) atoms. The summed E-state index contributed by atoms with van der Waals surface area (Å²) in [4.78, 5) is 54.1. The Bertz CT molecular complexity index is 800. The maximum absolute atomic E-state index is 10.7. The SMILES string of the molecule is C=C(CCC(C)=O)C(C)=O.CC(=O)CSc1ccc(C)cc1.CC(C)OC(=O)CC(=O)CCl. The summed E-state index contributed by atoms with van der Waals surface area (Å²) in [5, 5.41) is 0. The Kier molecular flexibility index (Phi) is 19.2. The third-order valence-corrected chi connectivity index (χ3v) is 5.05. The van der Waals surface area contributed by atoms with Gasteiger partial charge in [-0.1, -0.05) is 24.3 Å². The zero-order valence-electron chi connectivity index (χ0n) is 20.4. The van der Waals surface area contributed by atoms with Crippen LogP contribution in [-0.2, 0) is 28.7 Å². The molecule has 0 heterocycles. The zero-order valence-corrected chi connectivity index (χ0v) is 21.9. The van der Waals surface area contributed by atoms with Crippen molar-refractivity contribution in [1.82, 2.24) is 0 Å². The molecule has 0 N–H and O–H groups in total. The van der Waals surface area contributed by atoms with Gasteiger partial charge in [-0.2, -0.15) is 0 Å². The van der Waals surface area contributed by atoms with Crippen molar-refractivity contribution < 1.29 is 28.7 Å². The Balaban J connectivity index is 0. The Labute approximate surface area is 206 Å². The minimum absolute atomic E-state index is 0.0266. The van der Waals surface area contributed by atoms with Gasteiger partial charge in [0.05, 0.1) is 17.7 Å². The molecule has 184 valence electrons. The highest BCUT2D eigenvalue weighted by atomic mass is 35.5. The van der Waals surface area contributed by atoms with Crippen molar-refractivity contribution in [2.24, 2.45) is 0 Å². The number of allylic oxidation sites excluding steroid dienone is 1. The topological polar surface area (TPSA) is 94.6 Å². The molecule has 0 spiro atoms. The van der Waals surface area contributed by atoms with E-state index in [2.05, 4.69) is 25.6 Å². The summed E-state index contributed by atoms with van der Waals surface area (Å²) in [7, 11) is 0. The quantitative estimate of drug-likeness (QED) is 0.134. The summed E-state index contributed by atoms with van der Waals surface area (Å²) in [6, 6.07) is 8.21. The molecular formula is C25H35ClO6S. The van der Waals surface area contributed by atoms with Gasteiger partial charge < -0.3 is 9.53 Å². The van der Waals surface area contributed by atoms with Crippen molar-refractivity contribution in [3.8, 4) is 0 Å². The number of ketones is 4. The molecular weight excluding hydrogens is 464 g/mol. The molecule has 1 rings (SSSR count). The molecule has 0 atom stereocenters. The highest BCUT2D eigenvalue weighted by Gasteiger charge is 2.10.